The number of rotatable bonds is 5. The summed E-state index contributed by atoms with van der Waals surface area (Å²) in [5.41, 5.74) is 0.532. The standard InChI is InChI=1S/C17H23Cl2NO3S/c1-12(17(21)20(2)14-6-4-3-5-7-14)24(22,23)11-13-8-9-15(18)16(19)10-13/h8-10,12,14H,3-7,11H2,1-2H3. The maximum Gasteiger partial charge on any atom is 0.240 e. The molecule has 2 rings (SSSR count). The quantitative estimate of drug-likeness (QED) is 0.759. The van der Waals surface area contributed by atoms with Crippen LogP contribution in [0.5, 0.6) is 0 Å². The van der Waals surface area contributed by atoms with Crippen LogP contribution in [0.2, 0.25) is 10.0 Å². The fourth-order valence-corrected chi connectivity index (χ4v) is 4.76. The lowest BCUT2D eigenvalue weighted by molar-refractivity contribution is -0.131. The van der Waals surface area contributed by atoms with Crippen LogP contribution in [-0.4, -0.2) is 37.6 Å². The second-order valence-electron chi connectivity index (χ2n) is 6.44. The van der Waals surface area contributed by atoms with Gasteiger partial charge in [-0.05, 0) is 37.5 Å². The molecular formula is C17H23Cl2NO3S. The Balaban J connectivity index is 2.09. The SMILES string of the molecule is CC(C(=O)N(C)C1CCCCC1)S(=O)(=O)Cc1ccc(Cl)c(Cl)c1. The Kier molecular flexibility index (Phi) is 6.57. The second-order valence-corrected chi connectivity index (χ2v) is 9.57. The molecule has 0 N–H and O–H groups in total. The molecule has 1 aliphatic carbocycles. The topological polar surface area (TPSA) is 54.5 Å². The lowest BCUT2D eigenvalue weighted by atomic mass is 9.94. The average Bonchev–Trinajstić information content (AvgIpc) is 2.56. The van der Waals surface area contributed by atoms with Gasteiger partial charge in [0.15, 0.2) is 9.84 Å². The van der Waals surface area contributed by atoms with Gasteiger partial charge in [0.2, 0.25) is 5.91 Å². The third kappa shape index (κ3) is 4.64. The van der Waals surface area contributed by atoms with Gasteiger partial charge in [0.05, 0.1) is 15.8 Å². The highest BCUT2D eigenvalue weighted by Crippen LogP contribution is 2.26. The summed E-state index contributed by atoms with van der Waals surface area (Å²) in [5, 5.41) is -0.388. The number of halogens is 2. The van der Waals surface area contributed by atoms with Crippen molar-refractivity contribution >= 4 is 38.9 Å². The first-order valence-corrected chi connectivity index (χ1v) is 10.6. The molecule has 1 aromatic carbocycles. The third-order valence-corrected chi connectivity index (χ3v) is 7.46. The van der Waals surface area contributed by atoms with Gasteiger partial charge in [-0.2, -0.15) is 0 Å². The minimum atomic E-state index is -3.62. The molecule has 7 heteroatoms. The zero-order chi connectivity index (χ0) is 17.9. The summed E-state index contributed by atoms with van der Waals surface area (Å²) in [6.45, 7) is 1.47. The number of carbonyl (C=O) groups is 1. The number of hydrogen-bond donors (Lipinski definition) is 0. The largest absolute Gasteiger partial charge is 0.342 e. The minimum absolute atomic E-state index is 0.147. The summed E-state index contributed by atoms with van der Waals surface area (Å²) < 4.78 is 25.2. The number of benzene rings is 1. The summed E-state index contributed by atoms with van der Waals surface area (Å²) in [6, 6.07) is 4.86. The van der Waals surface area contributed by atoms with Crippen molar-refractivity contribution in [1.29, 1.82) is 0 Å². The average molecular weight is 392 g/mol. The summed E-state index contributed by atoms with van der Waals surface area (Å²) >= 11 is 11.8. The van der Waals surface area contributed by atoms with E-state index in [2.05, 4.69) is 0 Å². The molecule has 1 unspecified atom stereocenters. The van der Waals surface area contributed by atoms with Crippen molar-refractivity contribution in [2.75, 3.05) is 7.05 Å². The van der Waals surface area contributed by atoms with Gasteiger partial charge in [-0.15, -0.1) is 0 Å². The van der Waals surface area contributed by atoms with Gasteiger partial charge in [-0.25, -0.2) is 8.42 Å². The van der Waals surface area contributed by atoms with Crippen molar-refractivity contribution in [1.82, 2.24) is 4.90 Å². The predicted octanol–water partition coefficient (Wildman–Crippen LogP) is 4.09. The molecule has 1 amide bonds. The molecule has 1 fully saturated rings. The number of hydrogen-bond acceptors (Lipinski definition) is 3. The predicted molar refractivity (Wildman–Crippen MR) is 98.2 cm³/mol. The maximum absolute atomic E-state index is 12.6. The first kappa shape index (κ1) is 19.5. The minimum Gasteiger partial charge on any atom is -0.342 e. The molecule has 0 bridgehead atoms. The lowest BCUT2D eigenvalue weighted by Gasteiger charge is -2.32. The highest BCUT2D eigenvalue weighted by molar-refractivity contribution is 7.92. The highest BCUT2D eigenvalue weighted by atomic mass is 35.5. The van der Waals surface area contributed by atoms with Crippen LogP contribution in [0.25, 0.3) is 0 Å². The lowest BCUT2D eigenvalue weighted by Crippen LogP contribution is -2.45. The van der Waals surface area contributed by atoms with Crippen LogP contribution in [0.3, 0.4) is 0 Å². The fourth-order valence-electron chi connectivity index (χ4n) is 3.08. The van der Waals surface area contributed by atoms with E-state index in [9.17, 15) is 13.2 Å². The maximum atomic E-state index is 12.6. The van der Waals surface area contributed by atoms with Crippen LogP contribution < -0.4 is 0 Å². The van der Waals surface area contributed by atoms with E-state index in [4.69, 9.17) is 23.2 Å². The number of amides is 1. The van der Waals surface area contributed by atoms with E-state index in [1.165, 1.54) is 19.4 Å². The molecule has 0 heterocycles. The van der Waals surface area contributed by atoms with E-state index in [0.717, 1.165) is 25.7 Å². The molecule has 24 heavy (non-hydrogen) atoms. The Morgan fingerprint density at radius 3 is 2.42 bits per heavy atom. The molecule has 0 aliphatic heterocycles. The van der Waals surface area contributed by atoms with Gasteiger partial charge in [0.1, 0.15) is 5.25 Å². The molecule has 1 aromatic rings. The van der Waals surface area contributed by atoms with E-state index < -0.39 is 15.1 Å². The number of carbonyl (C=O) groups excluding carboxylic acids is 1. The van der Waals surface area contributed by atoms with Crippen molar-refractivity contribution in [3.8, 4) is 0 Å². The van der Waals surface area contributed by atoms with Crippen LogP contribution in [0.4, 0.5) is 0 Å². The van der Waals surface area contributed by atoms with E-state index in [0.29, 0.717) is 15.6 Å². The second kappa shape index (κ2) is 8.07. The monoisotopic (exact) mass is 391 g/mol. The molecule has 0 spiro atoms. The molecule has 0 saturated heterocycles. The van der Waals surface area contributed by atoms with Gasteiger partial charge in [0, 0.05) is 13.1 Å². The zero-order valence-electron chi connectivity index (χ0n) is 14.0. The molecule has 4 nitrogen and oxygen atoms in total. The van der Waals surface area contributed by atoms with Gasteiger partial charge in [-0.1, -0.05) is 48.5 Å². The fraction of sp³-hybridized carbons (Fsp3) is 0.588. The summed E-state index contributed by atoms with van der Waals surface area (Å²) in [6.07, 6.45) is 5.26. The molecule has 0 aromatic heterocycles. The van der Waals surface area contributed by atoms with Crippen LogP contribution in [0.1, 0.15) is 44.6 Å². The molecule has 1 aliphatic rings. The van der Waals surface area contributed by atoms with Crippen molar-refractivity contribution in [2.24, 2.45) is 0 Å². The van der Waals surface area contributed by atoms with Gasteiger partial charge < -0.3 is 4.90 Å². The van der Waals surface area contributed by atoms with E-state index >= 15 is 0 Å². The molecule has 1 atom stereocenters. The Morgan fingerprint density at radius 1 is 1.21 bits per heavy atom. The Hall–Kier alpha value is -0.780. The van der Waals surface area contributed by atoms with Crippen LogP contribution in [0, 0.1) is 0 Å². The van der Waals surface area contributed by atoms with Gasteiger partial charge in [-0.3, -0.25) is 4.79 Å². The zero-order valence-corrected chi connectivity index (χ0v) is 16.3. The molecule has 0 radical (unpaired) electrons. The summed E-state index contributed by atoms with van der Waals surface area (Å²) in [4.78, 5) is 14.2. The van der Waals surface area contributed by atoms with Crippen molar-refractivity contribution < 1.29 is 13.2 Å². The summed E-state index contributed by atoms with van der Waals surface area (Å²) in [5.74, 6) is -0.558. The van der Waals surface area contributed by atoms with Crippen molar-refractivity contribution in [2.45, 2.75) is 56.1 Å². The first-order valence-electron chi connectivity index (χ1n) is 8.14. The van der Waals surface area contributed by atoms with Crippen LogP contribution in [-0.2, 0) is 20.4 Å². The third-order valence-electron chi connectivity index (χ3n) is 4.71. The van der Waals surface area contributed by atoms with Crippen molar-refractivity contribution in [3.05, 3.63) is 33.8 Å². The van der Waals surface area contributed by atoms with E-state index in [-0.39, 0.29) is 17.7 Å². The van der Waals surface area contributed by atoms with E-state index in [1.54, 1.807) is 24.1 Å². The Labute approximate surface area is 154 Å². The Morgan fingerprint density at radius 2 is 1.83 bits per heavy atom. The number of nitrogens with zero attached hydrogens (tertiary/aromatic N) is 1. The van der Waals surface area contributed by atoms with Gasteiger partial charge in [0.25, 0.3) is 0 Å². The van der Waals surface area contributed by atoms with E-state index in [1.807, 2.05) is 0 Å². The summed E-state index contributed by atoms with van der Waals surface area (Å²) in [7, 11) is -1.91. The first-order chi connectivity index (χ1) is 11.2. The smallest absolute Gasteiger partial charge is 0.240 e. The van der Waals surface area contributed by atoms with Crippen LogP contribution in [0.15, 0.2) is 18.2 Å². The molecule has 134 valence electrons. The normalized spacial score (nSPS) is 17.5. The van der Waals surface area contributed by atoms with Crippen molar-refractivity contribution in [3.63, 3.8) is 0 Å². The number of sulfone groups is 1. The molecule has 1 saturated carbocycles. The Bertz CT molecular complexity index is 700. The van der Waals surface area contributed by atoms with Crippen LogP contribution >= 0.6 is 23.2 Å². The molecular weight excluding hydrogens is 369 g/mol. The highest BCUT2D eigenvalue weighted by Gasteiger charge is 2.33. The van der Waals surface area contributed by atoms with Gasteiger partial charge >= 0.3 is 0 Å².